The molecule has 24 heavy (non-hydrogen) atoms. The molecule has 0 fully saturated rings. The molecule has 2 heteroatoms. The first-order valence-corrected chi connectivity index (χ1v) is 9.77. The van der Waals surface area contributed by atoms with Gasteiger partial charge in [0.1, 0.15) is 0 Å². The fraction of sp³-hybridized carbons (Fsp3) is 0.455. The van der Waals surface area contributed by atoms with Gasteiger partial charge in [0.25, 0.3) is 0 Å². The minimum Gasteiger partial charge on any atom is -0.392 e. The number of aliphatic hydroxyl groups excluding tert-OH is 1. The van der Waals surface area contributed by atoms with Crippen LogP contribution < -0.4 is 0 Å². The highest BCUT2D eigenvalue weighted by molar-refractivity contribution is 7.99. The molecule has 0 aliphatic heterocycles. The van der Waals surface area contributed by atoms with E-state index in [0.29, 0.717) is 0 Å². The highest BCUT2D eigenvalue weighted by Crippen LogP contribution is 2.23. The lowest BCUT2D eigenvalue weighted by Gasteiger charge is -2.05. The van der Waals surface area contributed by atoms with Crippen molar-refractivity contribution >= 4 is 11.8 Å². The van der Waals surface area contributed by atoms with Crippen LogP contribution in [0.3, 0.4) is 0 Å². The minimum absolute atomic E-state index is 0.114. The number of hydrogen-bond donors (Lipinski definition) is 1. The molecule has 0 bridgehead atoms. The maximum absolute atomic E-state index is 9.35. The number of benzene rings is 1. The van der Waals surface area contributed by atoms with Gasteiger partial charge < -0.3 is 5.11 Å². The van der Waals surface area contributed by atoms with Crippen molar-refractivity contribution in [2.24, 2.45) is 0 Å². The lowest BCUT2D eigenvalue weighted by Crippen LogP contribution is -1.87. The summed E-state index contributed by atoms with van der Waals surface area (Å²) in [5.74, 6) is 0.964. The summed E-state index contributed by atoms with van der Waals surface area (Å²) in [4.78, 5) is 1.18. The zero-order valence-electron chi connectivity index (χ0n) is 15.6. The van der Waals surface area contributed by atoms with Crippen molar-refractivity contribution in [3.05, 3.63) is 64.8 Å². The van der Waals surface area contributed by atoms with E-state index in [1.807, 2.05) is 18.2 Å². The normalized spacial score (nSPS) is 12.4. The van der Waals surface area contributed by atoms with Crippen LogP contribution in [0, 0.1) is 0 Å². The van der Waals surface area contributed by atoms with E-state index in [9.17, 15) is 5.11 Å². The average molecular weight is 345 g/mol. The Labute approximate surface area is 152 Å². The molecule has 0 amide bonds. The van der Waals surface area contributed by atoms with Gasteiger partial charge in [0, 0.05) is 10.6 Å². The number of thioether (sulfide) groups is 1. The van der Waals surface area contributed by atoms with E-state index >= 15 is 0 Å². The lowest BCUT2D eigenvalue weighted by atomic mass is 10.1. The van der Waals surface area contributed by atoms with Gasteiger partial charge in [-0.05, 0) is 65.0 Å². The van der Waals surface area contributed by atoms with E-state index in [0.717, 1.165) is 30.6 Å². The van der Waals surface area contributed by atoms with Crippen LogP contribution in [-0.4, -0.2) is 10.9 Å². The molecule has 0 aliphatic rings. The SMILES string of the molecule is CC(C)=CCCC(C)=CCCC(C)=CCSc1ccccc1CO. The summed E-state index contributed by atoms with van der Waals surface area (Å²) in [7, 11) is 0. The molecule has 0 saturated heterocycles. The molecule has 0 aromatic heterocycles. The monoisotopic (exact) mass is 344 g/mol. The standard InChI is InChI=1S/C22H32OS/c1-18(2)9-7-10-19(3)11-8-12-20(4)15-16-24-22-14-6-5-13-21(22)17-23/h5-6,9,11,13-15,23H,7-8,10,12,16-17H2,1-4H3. The zero-order chi connectivity index (χ0) is 17.8. The van der Waals surface area contributed by atoms with E-state index in [1.54, 1.807) is 11.8 Å². The van der Waals surface area contributed by atoms with Gasteiger partial charge in [-0.25, -0.2) is 0 Å². The first-order valence-electron chi connectivity index (χ1n) is 8.79. The van der Waals surface area contributed by atoms with Gasteiger partial charge in [0.05, 0.1) is 6.61 Å². The second-order valence-electron chi connectivity index (χ2n) is 6.54. The summed E-state index contributed by atoms with van der Waals surface area (Å²) in [6.45, 7) is 8.88. The van der Waals surface area contributed by atoms with Crippen LogP contribution in [0.2, 0.25) is 0 Å². The molecule has 1 rings (SSSR count). The molecule has 1 N–H and O–H groups in total. The first kappa shape index (κ1) is 20.8. The molecule has 132 valence electrons. The van der Waals surface area contributed by atoms with Crippen LogP contribution in [0.25, 0.3) is 0 Å². The smallest absolute Gasteiger partial charge is 0.0692 e. The summed E-state index contributed by atoms with van der Waals surface area (Å²) in [6.07, 6.45) is 11.6. The van der Waals surface area contributed by atoms with Crippen molar-refractivity contribution in [2.75, 3.05) is 5.75 Å². The Morgan fingerprint density at radius 3 is 2.21 bits per heavy atom. The molecule has 0 atom stereocenters. The van der Waals surface area contributed by atoms with Gasteiger partial charge in [0.15, 0.2) is 0 Å². The molecule has 0 unspecified atom stereocenters. The Balaban J connectivity index is 2.33. The Kier molecular flexibility index (Phi) is 10.5. The van der Waals surface area contributed by atoms with Gasteiger partial charge in [-0.2, -0.15) is 0 Å². The largest absolute Gasteiger partial charge is 0.392 e. The van der Waals surface area contributed by atoms with Gasteiger partial charge in [-0.15, -0.1) is 11.8 Å². The van der Waals surface area contributed by atoms with E-state index in [4.69, 9.17) is 0 Å². The Morgan fingerprint density at radius 1 is 0.917 bits per heavy atom. The molecule has 0 saturated carbocycles. The topological polar surface area (TPSA) is 20.2 Å². The third kappa shape index (κ3) is 9.14. The van der Waals surface area contributed by atoms with E-state index in [1.165, 1.54) is 28.0 Å². The summed E-state index contributed by atoms with van der Waals surface area (Å²) in [6, 6.07) is 8.07. The molecular formula is C22H32OS. The quantitative estimate of drug-likeness (QED) is 0.377. The lowest BCUT2D eigenvalue weighted by molar-refractivity contribution is 0.279. The Hall–Kier alpha value is -1.25. The Bertz CT molecular complexity index is 577. The van der Waals surface area contributed by atoms with Crippen molar-refractivity contribution in [3.63, 3.8) is 0 Å². The molecule has 1 nitrogen and oxygen atoms in total. The number of rotatable bonds is 10. The molecule has 0 aliphatic carbocycles. The number of allylic oxidation sites excluding steroid dienone is 5. The van der Waals surface area contributed by atoms with Gasteiger partial charge in [0.2, 0.25) is 0 Å². The second kappa shape index (κ2) is 12.2. The van der Waals surface area contributed by atoms with Crippen LogP contribution in [0.1, 0.15) is 58.9 Å². The van der Waals surface area contributed by atoms with Crippen molar-refractivity contribution in [1.82, 2.24) is 0 Å². The number of hydrogen-bond acceptors (Lipinski definition) is 2. The summed E-state index contributed by atoms with van der Waals surface area (Å²) in [5.41, 5.74) is 5.36. The predicted octanol–water partition coefficient (Wildman–Crippen LogP) is 6.69. The molecule has 0 spiro atoms. The van der Waals surface area contributed by atoms with Gasteiger partial charge >= 0.3 is 0 Å². The van der Waals surface area contributed by atoms with E-state index in [-0.39, 0.29) is 6.61 Å². The molecule has 0 heterocycles. The molecule has 1 aromatic carbocycles. The molecular weight excluding hydrogens is 312 g/mol. The fourth-order valence-corrected chi connectivity index (χ4v) is 3.43. The predicted molar refractivity (Wildman–Crippen MR) is 109 cm³/mol. The average Bonchev–Trinajstić information content (AvgIpc) is 2.55. The first-order chi connectivity index (χ1) is 11.5. The van der Waals surface area contributed by atoms with Crippen LogP contribution >= 0.6 is 11.8 Å². The highest BCUT2D eigenvalue weighted by atomic mass is 32.2. The Morgan fingerprint density at radius 2 is 1.54 bits per heavy atom. The van der Waals surface area contributed by atoms with Crippen LogP contribution in [0.4, 0.5) is 0 Å². The maximum Gasteiger partial charge on any atom is 0.0692 e. The summed E-state index contributed by atoms with van der Waals surface area (Å²) in [5, 5.41) is 9.35. The van der Waals surface area contributed by atoms with Crippen molar-refractivity contribution in [2.45, 2.75) is 64.9 Å². The molecule has 1 aromatic rings. The highest BCUT2D eigenvalue weighted by Gasteiger charge is 2.00. The van der Waals surface area contributed by atoms with Crippen molar-refractivity contribution in [3.8, 4) is 0 Å². The third-order valence-corrected chi connectivity index (χ3v) is 4.98. The number of aliphatic hydroxyl groups is 1. The zero-order valence-corrected chi connectivity index (χ0v) is 16.5. The van der Waals surface area contributed by atoms with Crippen LogP contribution in [-0.2, 0) is 6.61 Å². The van der Waals surface area contributed by atoms with Crippen molar-refractivity contribution < 1.29 is 5.11 Å². The van der Waals surface area contributed by atoms with Crippen LogP contribution in [0.15, 0.2) is 64.1 Å². The van der Waals surface area contributed by atoms with Gasteiger partial charge in [-0.1, -0.05) is 53.1 Å². The third-order valence-electron chi connectivity index (χ3n) is 3.94. The summed E-state index contributed by atoms with van der Waals surface area (Å²) >= 11 is 1.80. The van der Waals surface area contributed by atoms with Crippen molar-refractivity contribution in [1.29, 1.82) is 0 Å². The maximum atomic E-state index is 9.35. The summed E-state index contributed by atoms with van der Waals surface area (Å²) < 4.78 is 0. The van der Waals surface area contributed by atoms with E-state index < -0.39 is 0 Å². The van der Waals surface area contributed by atoms with E-state index in [2.05, 4.69) is 52.0 Å². The minimum atomic E-state index is 0.114. The van der Waals surface area contributed by atoms with Crippen LogP contribution in [0.5, 0.6) is 0 Å². The van der Waals surface area contributed by atoms with Gasteiger partial charge in [-0.3, -0.25) is 0 Å². The second-order valence-corrected chi connectivity index (χ2v) is 7.60. The molecule has 0 radical (unpaired) electrons. The fourth-order valence-electron chi connectivity index (χ4n) is 2.39.